The molecule has 0 aliphatic carbocycles. The van der Waals surface area contributed by atoms with Crippen LogP contribution in [-0.2, 0) is 10.8 Å². The zero-order valence-corrected chi connectivity index (χ0v) is 48.7. The molecule has 86 heavy (non-hydrogen) atoms. The first-order valence-electron chi connectivity index (χ1n) is 38.2. The van der Waals surface area contributed by atoms with Crippen molar-refractivity contribution in [2.75, 3.05) is 0 Å². The van der Waals surface area contributed by atoms with Crippen LogP contribution in [0.25, 0.3) is 94.5 Å². The predicted octanol–water partition coefficient (Wildman–Crippen LogP) is 16.9. The highest BCUT2D eigenvalue weighted by Gasteiger charge is 2.43. The molecule has 3 aromatic heterocycles. The Balaban J connectivity index is 1.14. The van der Waals surface area contributed by atoms with Gasteiger partial charge in [-0.3, -0.25) is 13.7 Å². The molecule has 1 aliphatic rings. The summed E-state index contributed by atoms with van der Waals surface area (Å²) in [6.45, 7) is 12.5. The Kier molecular flexibility index (Phi) is 8.43. The monoisotopic (exact) mass is 1140 g/mol. The van der Waals surface area contributed by atoms with E-state index >= 15 is 0 Å². The van der Waals surface area contributed by atoms with Crippen molar-refractivity contribution in [1.82, 2.24) is 14.1 Å². The van der Waals surface area contributed by atoms with Gasteiger partial charge < -0.3 is 4.74 Å². The van der Waals surface area contributed by atoms with E-state index in [0.717, 1.165) is 27.4 Å². The highest BCUT2D eigenvalue weighted by atomic mass is 28.3. The van der Waals surface area contributed by atoms with E-state index in [1.165, 1.54) is 0 Å². The quantitative estimate of drug-likeness (QED) is 0.0625. The van der Waals surface area contributed by atoms with E-state index in [0.29, 0.717) is 67.6 Å². The Morgan fingerprint density at radius 1 is 0.465 bits per heavy atom. The largest absolute Gasteiger partial charge is 0.458 e. The van der Waals surface area contributed by atoms with Crippen LogP contribution in [0.4, 0.5) is 0 Å². The van der Waals surface area contributed by atoms with Gasteiger partial charge in [0.25, 0.3) is 6.33 Å². The van der Waals surface area contributed by atoms with Crippen LogP contribution in [0.3, 0.4) is 0 Å². The van der Waals surface area contributed by atoms with E-state index in [2.05, 4.69) is 43.8 Å². The molecule has 0 unspecified atom stereocenters. The fraction of sp³-hybridized carbons (Fsp3) is 0.100. The summed E-state index contributed by atoms with van der Waals surface area (Å²) in [6, 6.07) is 29.8. The van der Waals surface area contributed by atoms with Crippen LogP contribution in [-0.4, -0.2) is 22.2 Å². The summed E-state index contributed by atoms with van der Waals surface area (Å²) in [6.07, 6.45) is 5.55. The Bertz CT molecular complexity index is 5910. The average Bonchev–Trinajstić information content (AvgIpc) is 0.947. The Morgan fingerprint density at radius 2 is 1.05 bits per heavy atom. The maximum absolute atomic E-state index is 10.1. The second kappa shape index (κ2) is 20.6. The second-order valence-electron chi connectivity index (χ2n) is 23.4. The summed E-state index contributed by atoms with van der Waals surface area (Å²) in [5.74, 6) is 1.44. The first kappa shape index (κ1) is 35.2. The SMILES string of the molecule is [2H]c1c([2H])c([2H])c(-c2cccc3c2-c2cccc(C(C)(C)C)c2-[n+]2[c-]n(-c4cccc(Oc5ccc6c7ccccc7n(-c7cc(C(C)(C)C)ccn7)c6c5)c4)c4cc([Si](c5c([2H])c([2H])c([2H])c([2H])c5[2H])(c5c([2H])c([2H])c([2H])c([2H])c5[2H])c5c([2H])c([2H])c([2H])c([2H])c5[2H])cc(c42)-c2ccccc2-3)c([2H])c1[2H]. The fourth-order valence-corrected chi connectivity index (χ4v) is 16.3. The summed E-state index contributed by atoms with van der Waals surface area (Å²) in [7, 11) is -5.90. The summed E-state index contributed by atoms with van der Waals surface area (Å²) in [4.78, 5) is 4.89. The molecule has 414 valence electrons. The van der Waals surface area contributed by atoms with Crippen LogP contribution < -0.4 is 30.1 Å². The minimum absolute atomic E-state index is 0.0985. The first-order chi connectivity index (χ1) is 50.2. The van der Waals surface area contributed by atoms with Gasteiger partial charge in [0, 0.05) is 23.0 Å². The zero-order valence-electron chi connectivity index (χ0n) is 67.7. The molecule has 0 fully saturated rings. The third kappa shape index (κ3) is 8.65. The van der Waals surface area contributed by atoms with Crippen molar-refractivity contribution in [3.8, 4) is 73.2 Å². The van der Waals surface area contributed by atoms with Crippen molar-refractivity contribution < 1.29 is 36.7 Å². The van der Waals surface area contributed by atoms with Gasteiger partial charge in [-0.2, -0.15) is 0 Å². The number of nitrogens with zero attached hydrogens (tertiary/aromatic N) is 4. The lowest BCUT2D eigenvalue weighted by Crippen LogP contribution is -2.74. The number of rotatable bonds is 9. The Morgan fingerprint density at radius 3 is 1.73 bits per heavy atom. The van der Waals surface area contributed by atoms with E-state index in [1.54, 1.807) is 77.5 Å². The molecule has 0 radical (unpaired) electrons. The molecule has 6 heteroatoms. The molecule has 0 atom stereocenters. The molecule has 1 aliphatic heterocycles. The topological polar surface area (TPSA) is 35.9 Å². The van der Waals surface area contributed by atoms with Crippen molar-refractivity contribution in [1.29, 1.82) is 0 Å². The number of hydrogen-bond acceptors (Lipinski definition) is 2. The van der Waals surface area contributed by atoms with Gasteiger partial charge in [-0.05, 0) is 136 Å². The van der Waals surface area contributed by atoms with Crippen LogP contribution in [0.15, 0.2) is 279 Å². The predicted molar refractivity (Wildman–Crippen MR) is 359 cm³/mol. The summed E-state index contributed by atoms with van der Waals surface area (Å²) < 4.78 is 203. The maximum atomic E-state index is 10.1. The summed E-state index contributed by atoms with van der Waals surface area (Å²) in [5, 5.41) is -0.312. The lowest BCUT2D eigenvalue weighted by molar-refractivity contribution is -0.572. The van der Waals surface area contributed by atoms with E-state index < -0.39 is 150 Å². The number of para-hydroxylation sites is 2. The third-order valence-electron chi connectivity index (χ3n) is 16.3. The number of fused-ring (bicyclic) bond motifs is 10. The number of aromatic nitrogens is 4. The molecule has 0 spiro atoms. The molecular formula is C80H64N4OSi. The van der Waals surface area contributed by atoms with Gasteiger partial charge in [0.1, 0.15) is 17.3 Å². The number of imidazole rings is 1. The molecule has 14 aromatic rings. The Hall–Kier alpha value is -10.1. The van der Waals surface area contributed by atoms with Gasteiger partial charge in [0.2, 0.25) is 0 Å². The summed E-state index contributed by atoms with van der Waals surface area (Å²) in [5.41, 5.74) is 6.55. The smallest absolute Gasteiger partial charge is 0.269 e. The molecule has 5 nitrogen and oxygen atoms in total. The van der Waals surface area contributed by atoms with Crippen LogP contribution >= 0.6 is 0 Å². The molecule has 0 saturated heterocycles. The van der Waals surface area contributed by atoms with Gasteiger partial charge >= 0.3 is 0 Å². The van der Waals surface area contributed by atoms with Gasteiger partial charge in [0.05, 0.1) is 60.9 Å². The molecule has 0 N–H and O–H groups in total. The van der Waals surface area contributed by atoms with Crippen molar-refractivity contribution in [2.45, 2.75) is 52.4 Å². The zero-order chi connectivity index (χ0) is 75.7. The van der Waals surface area contributed by atoms with E-state index in [1.807, 2.05) is 98.1 Å². The van der Waals surface area contributed by atoms with Gasteiger partial charge in [-0.15, -0.1) is 0 Å². The Labute approximate surface area is 532 Å². The molecular weight excluding hydrogens is 1060 g/mol. The number of benzene rings is 11. The minimum Gasteiger partial charge on any atom is -0.458 e. The van der Waals surface area contributed by atoms with Crippen LogP contribution in [0.5, 0.6) is 11.5 Å². The minimum atomic E-state index is -5.90. The summed E-state index contributed by atoms with van der Waals surface area (Å²) >= 11 is 0. The van der Waals surface area contributed by atoms with E-state index in [9.17, 15) is 19.2 Å². The van der Waals surface area contributed by atoms with E-state index in [-0.39, 0.29) is 32.8 Å². The third-order valence-corrected chi connectivity index (χ3v) is 20.4. The number of ether oxygens (including phenoxy) is 1. The maximum Gasteiger partial charge on any atom is 0.269 e. The molecule has 0 saturated carbocycles. The van der Waals surface area contributed by atoms with Crippen molar-refractivity contribution in [3.63, 3.8) is 0 Å². The van der Waals surface area contributed by atoms with Gasteiger partial charge in [-0.1, -0.05) is 259 Å². The lowest BCUT2D eigenvalue weighted by atomic mass is 9.80. The second-order valence-corrected chi connectivity index (χ2v) is 27.0. The van der Waals surface area contributed by atoms with Gasteiger partial charge in [0.15, 0.2) is 8.07 Å². The number of hydrogen-bond donors (Lipinski definition) is 0. The van der Waals surface area contributed by atoms with Crippen LogP contribution in [0.1, 0.15) is 80.1 Å². The first-order valence-corrected chi connectivity index (χ1v) is 30.2. The molecule has 4 heterocycles. The lowest BCUT2D eigenvalue weighted by Gasteiger charge is -2.35. The highest BCUT2D eigenvalue weighted by Crippen LogP contribution is 2.49. The van der Waals surface area contributed by atoms with Crippen molar-refractivity contribution >= 4 is 61.7 Å². The van der Waals surface area contributed by atoms with Gasteiger partial charge in [-0.25, -0.2) is 4.98 Å². The van der Waals surface area contributed by atoms with Crippen molar-refractivity contribution in [2.24, 2.45) is 0 Å². The number of pyridine rings is 1. The molecule has 15 rings (SSSR count). The molecule has 0 bridgehead atoms. The molecule has 0 amide bonds. The molecule has 11 aromatic carbocycles. The fourth-order valence-electron chi connectivity index (χ4n) is 12.4. The normalized spacial score (nSPS) is 15.6. The van der Waals surface area contributed by atoms with Crippen LogP contribution in [0, 0.1) is 6.33 Å². The standard InChI is InChI=1S/C80H64N4OSi/c1-79(2,3)55-46-47-81-75(48-55)84-72-43-22-21-38-66(72)67-45-44-58(50-73(67)84)85-57-29-23-28-56(49-57)82-53-83-77-69(41-25-42-71(77)80(4,5)6)76-63(54-26-11-7-12-27-54)39-24-40-68(76)64-36-19-20-37-65(64)70-51-62(52-74(82)78(70)83)86(59-30-13-8-14-31-59,60-32-15-9-16-33-60)61-34-17-10-18-35-61/h7-52H,1-6H3/i7D,8D,9D,10D,11D,12D,13D,14D,15D,16D,17D,18D,26D,27D,30D,31D,32D,33D,34D,35D. The van der Waals surface area contributed by atoms with E-state index in [4.69, 9.17) is 17.9 Å². The van der Waals surface area contributed by atoms with Crippen LogP contribution in [0.2, 0.25) is 0 Å². The van der Waals surface area contributed by atoms with Crippen molar-refractivity contribution in [3.05, 3.63) is 296 Å². The highest BCUT2D eigenvalue weighted by molar-refractivity contribution is 7.20. The average molecular weight is 1150 g/mol.